The Morgan fingerprint density at radius 1 is 1.22 bits per heavy atom. The van der Waals surface area contributed by atoms with Gasteiger partial charge in [0, 0.05) is 13.0 Å². The normalized spacial score (nSPS) is 12.2. The molecule has 9 heteroatoms. The number of hydrogen-bond acceptors (Lipinski definition) is 5. The van der Waals surface area contributed by atoms with Gasteiger partial charge in [-0.1, -0.05) is 42.2 Å². The van der Waals surface area contributed by atoms with Crippen LogP contribution in [0.5, 0.6) is 0 Å². The Labute approximate surface area is 158 Å². The van der Waals surface area contributed by atoms with Gasteiger partial charge in [0.05, 0.1) is 6.04 Å². The third-order valence-corrected chi connectivity index (χ3v) is 3.88. The Hall–Kier alpha value is -2.97. The average Bonchev–Trinajstić information content (AvgIpc) is 2.64. The molecule has 1 aromatic carbocycles. The molecule has 0 heterocycles. The lowest BCUT2D eigenvalue weighted by atomic mass is 10.1. The first-order valence-corrected chi connectivity index (χ1v) is 9.01. The average molecular weight is 377 g/mol. The predicted octanol–water partition coefficient (Wildman–Crippen LogP) is 1.35. The van der Waals surface area contributed by atoms with Crippen molar-refractivity contribution < 1.29 is 14.6 Å². The summed E-state index contributed by atoms with van der Waals surface area (Å²) in [6.45, 7) is 0.229. The first-order chi connectivity index (χ1) is 13.0. The van der Waals surface area contributed by atoms with E-state index in [9.17, 15) is 19.7 Å². The zero-order chi connectivity index (χ0) is 19.9. The van der Waals surface area contributed by atoms with Crippen LogP contribution in [0.15, 0.2) is 35.3 Å². The number of rotatable bonds is 13. The van der Waals surface area contributed by atoms with Gasteiger partial charge in [0.2, 0.25) is 5.91 Å². The van der Waals surface area contributed by atoms with Crippen LogP contribution in [-0.4, -0.2) is 35.8 Å². The van der Waals surface area contributed by atoms with Crippen LogP contribution in [0, 0.1) is 10.1 Å². The van der Waals surface area contributed by atoms with Crippen LogP contribution in [0.3, 0.4) is 0 Å². The van der Waals surface area contributed by atoms with Crippen molar-refractivity contribution in [1.82, 2.24) is 10.7 Å². The number of hydrazine groups is 1. The highest BCUT2D eigenvalue weighted by molar-refractivity contribution is 5.79. The van der Waals surface area contributed by atoms with Gasteiger partial charge in [-0.05, 0) is 37.7 Å². The molecule has 0 aliphatic rings. The number of carbonyl (C=O) groups is 2. The SMILES string of the molecule is NC(=NCCCC(C=O)NC(=O)CCCCCc1ccccc1)N[N+](=O)[O-]. The maximum absolute atomic E-state index is 11.9. The second-order valence-corrected chi connectivity index (χ2v) is 6.13. The summed E-state index contributed by atoms with van der Waals surface area (Å²) < 4.78 is 0. The number of hydrogen-bond donors (Lipinski definition) is 3. The van der Waals surface area contributed by atoms with E-state index >= 15 is 0 Å². The second-order valence-electron chi connectivity index (χ2n) is 6.13. The number of guanidine groups is 1. The standard InChI is InChI=1S/C18H27N5O4/c19-18(22-23(26)27)20-13-7-11-16(14-24)21-17(25)12-6-2-5-10-15-8-3-1-4-9-15/h1,3-4,8-9,14,16H,2,5-7,10-13H2,(H,21,25)(H3,19,20,22). The lowest BCUT2D eigenvalue weighted by Crippen LogP contribution is -2.37. The van der Waals surface area contributed by atoms with Gasteiger partial charge in [-0.2, -0.15) is 0 Å². The Morgan fingerprint density at radius 2 is 1.96 bits per heavy atom. The monoisotopic (exact) mass is 377 g/mol. The molecule has 0 aliphatic heterocycles. The zero-order valence-corrected chi connectivity index (χ0v) is 15.3. The fraction of sp³-hybridized carbons (Fsp3) is 0.500. The van der Waals surface area contributed by atoms with Crippen molar-refractivity contribution in [2.75, 3.05) is 6.54 Å². The number of amides is 1. The van der Waals surface area contributed by atoms with Gasteiger partial charge in [-0.3, -0.25) is 4.79 Å². The summed E-state index contributed by atoms with van der Waals surface area (Å²) in [5, 5.41) is 12.0. The maximum Gasteiger partial charge on any atom is 0.251 e. The number of benzene rings is 1. The fourth-order valence-corrected chi connectivity index (χ4v) is 2.53. The number of aryl methyl sites for hydroxylation is 1. The molecule has 1 unspecified atom stereocenters. The van der Waals surface area contributed by atoms with Crippen LogP contribution in [0.1, 0.15) is 44.1 Å². The molecule has 1 rings (SSSR count). The number of carbonyl (C=O) groups excluding carboxylic acids is 2. The molecule has 9 nitrogen and oxygen atoms in total. The molecule has 0 radical (unpaired) electrons. The Kier molecular flexibility index (Phi) is 10.8. The molecule has 0 aliphatic carbocycles. The van der Waals surface area contributed by atoms with E-state index in [1.54, 1.807) is 5.43 Å². The van der Waals surface area contributed by atoms with E-state index in [2.05, 4.69) is 22.4 Å². The lowest BCUT2D eigenvalue weighted by Gasteiger charge is -2.12. The minimum atomic E-state index is -0.798. The summed E-state index contributed by atoms with van der Waals surface area (Å²) in [7, 11) is 0. The van der Waals surface area contributed by atoms with Crippen molar-refractivity contribution in [2.45, 2.75) is 51.0 Å². The summed E-state index contributed by atoms with van der Waals surface area (Å²) in [5.74, 6) is -0.438. The molecule has 0 bridgehead atoms. The number of nitrogens with two attached hydrogens (primary N) is 1. The summed E-state index contributed by atoms with van der Waals surface area (Å²) in [6.07, 6.45) is 5.69. The van der Waals surface area contributed by atoms with Crippen LogP contribution >= 0.6 is 0 Å². The Morgan fingerprint density at radius 3 is 2.63 bits per heavy atom. The van der Waals surface area contributed by atoms with E-state index in [0.29, 0.717) is 25.5 Å². The smallest absolute Gasteiger partial charge is 0.251 e. The van der Waals surface area contributed by atoms with Crippen LogP contribution in [-0.2, 0) is 16.0 Å². The van der Waals surface area contributed by atoms with Crippen molar-refractivity contribution in [1.29, 1.82) is 0 Å². The van der Waals surface area contributed by atoms with E-state index in [1.165, 1.54) is 5.56 Å². The topological polar surface area (TPSA) is 140 Å². The van der Waals surface area contributed by atoms with E-state index in [4.69, 9.17) is 5.73 Å². The van der Waals surface area contributed by atoms with Crippen LogP contribution in [0.4, 0.5) is 0 Å². The van der Waals surface area contributed by atoms with Gasteiger partial charge >= 0.3 is 0 Å². The third-order valence-electron chi connectivity index (χ3n) is 3.88. The molecular weight excluding hydrogens is 350 g/mol. The van der Waals surface area contributed by atoms with E-state index < -0.39 is 11.1 Å². The molecule has 27 heavy (non-hydrogen) atoms. The van der Waals surface area contributed by atoms with Gasteiger partial charge in [0.25, 0.3) is 5.96 Å². The van der Waals surface area contributed by atoms with Crippen LogP contribution in [0.25, 0.3) is 0 Å². The third kappa shape index (κ3) is 11.3. The van der Waals surface area contributed by atoms with Crippen molar-refractivity contribution >= 4 is 18.2 Å². The van der Waals surface area contributed by atoms with Gasteiger partial charge in [-0.15, -0.1) is 0 Å². The number of nitrogens with one attached hydrogen (secondary N) is 2. The van der Waals surface area contributed by atoms with Gasteiger partial charge < -0.3 is 15.8 Å². The minimum Gasteiger partial charge on any atom is -0.365 e. The molecule has 0 aromatic heterocycles. The van der Waals surface area contributed by atoms with Gasteiger partial charge in [-0.25, -0.2) is 15.1 Å². The number of aliphatic imine (C=N–C) groups is 1. The molecule has 1 amide bonds. The molecular formula is C18H27N5O4. The van der Waals surface area contributed by atoms with Gasteiger partial charge in [0.1, 0.15) is 6.29 Å². The molecule has 1 atom stereocenters. The molecule has 0 saturated heterocycles. The summed E-state index contributed by atoms with van der Waals surface area (Å²) >= 11 is 0. The number of nitro groups is 1. The summed E-state index contributed by atoms with van der Waals surface area (Å²) in [4.78, 5) is 36.9. The van der Waals surface area contributed by atoms with Crippen molar-refractivity contribution in [2.24, 2.45) is 10.7 Å². The Bertz CT molecular complexity index is 621. The first-order valence-electron chi connectivity index (χ1n) is 9.01. The molecule has 0 spiro atoms. The highest BCUT2D eigenvalue weighted by Crippen LogP contribution is 2.08. The summed E-state index contributed by atoms with van der Waals surface area (Å²) in [5.41, 5.74) is 8.30. The minimum absolute atomic E-state index is 0.148. The van der Waals surface area contributed by atoms with Crippen LogP contribution < -0.4 is 16.5 Å². The second kappa shape index (κ2) is 13.3. The first kappa shape index (κ1) is 22.1. The molecule has 0 fully saturated rings. The van der Waals surface area contributed by atoms with Crippen LogP contribution in [0.2, 0.25) is 0 Å². The predicted molar refractivity (Wildman–Crippen MR) is 102 cm³/mol. The number of unbranched alkanes of at least 4 members (excludes halogenated alkanes) is 2. The number of nitrogens with zero attached hydrogens (tertiary/aromatic N) is 2. The van der Waals surface area contributed by atoms with Crippen molar-refractivity contribution in [3.63, 3.8) is 0 Å². The van der Waals surface area contributed by atoms with Crippen molar-refractivity contribution in [3.8, 4) is 0 Å². The van der Waals surface area contributed by atoms with E-state index in [1.807, 2.05) is 18.2 Å². The summed E-state index contributed by atoms with van der Waals surface area (Å²) in [6, 6.07) is 9.62. The molecule has 4 N–H and O–H groups in total. The maximum atomic E-state index is 11.9. The fourth-order valence-electron chi connectivity index (χ4n) is 2.53. The molecule has 148 valence electrons. The lowest BCUT2D eigenvalue weighted by molar-refractivity contribution is -0.525. The Balaban J connectivity index is 2.13. The number of aldehydes is 1. The molecule has 0 saturated carbocycles. The van der Waals surface area contributed by atoms with E-state index in [0.717, 1.165) is 25.7 Å². The zero-order valence-electron chi connectivity index (χ0n) is 15.3. The highest BCUT2D eigenvalue weighted by Gasteiger charge is 2.11. The van der Waals surface area contributed by atoms with E-state index in [-0.39, 0.29) is 18.4 Å². The van der Waals surface area contributed by atoms with Crippen molar-refractivity contribution in [3.05, 3.63) is 46.0 Å². The largest absolute Gasteiger partial charge is 0.365 e. The van der Waals surface area contributed by atoms with Gasteiger partial charge in [0.15, 0.2) is 5.03 Å². The highest BCUT2D eigenvalue weighted by atomic mass is 16.7. The quantitative estimate of drug-likeness (QED) is 0.118. The molecule has 1 aromatic rings.